The highest BCUT2D eigenvalue weighted by Crippen LogP contribution is 2.29. The molecular weight excluding hydrogens is 462 g/mol. The number of carbonyl (C=O) groups excluding carboxylic acids is 2. The highest BCUT2D eigenvalue weighted by atomic mass is 16.5. The standard InChI is InChI=1S/C27H31N3O6/c1-5-6-7-21(22(31)12-8-19-10-14-24(33-2)26(16-19)35-4)23(32)13-9-20-11-15-25(34-3)27(17-20)36-18-29-30-28/h8-17,21H,5-7,18H2,1-4H3/b12-8+,13-9+. The number of nitrogens with zero attached hydrogens (tertiary/aromatic N) is 3. The van der Waals surface area contributed by atoms with E-state index >= 15 is 0 Å². The van der Waals surface area contributed by atoms with Crippen molar-refractivity contribution >= 4 is 23.7 Å². The first-order valence-electron chi connectivity index (χ1n) is 11.4. The Kier molecular flexibility index (Phi) is 11.6. The largest absolute Gasteiger partial charge is 0.493 e. The molecule has 9 nitrogen and oxygen atoms in total. The molecule has 36 heavy (non-hydrogen) atoms. The lowest BCUT2D eigenvalue weighted by Gasteiger charge is -2.11. The summed E-state index contributed by atoms with van der Waals surface area (Å²) in [6.07, 6.45) is 8.19. The SMILES string of the molecule is CCCCC(C(=O)/C=C/c1ccc(OC)c(OC)c1)C(=O)/C=C/c1ccc(OC)c(OCN=[N+]=[N-])c1. The smallest absolute Gasteiger partial charge is 0.167 e. The molecule has 0 fully saturated rings. The molecule has 0 spiro atoms. The van der Waals surface area contributed by atoms with Gasteiger partial charge in [-0.1, -0.05) is 49.2 Å². The van der Waals surface area contributed by atoms with Gasteiger partial charge < -0.3 is 18.9 Å². The number of carbonyl (C=O) groups is 2. The van der Waals surface area contributed by atoms with E-state index in [0.717, 1.165) is 18.4 Å². The number of hydrogen-bond donors (Lipinski definition) is 0. The zero-order chi connectivity index (χ0) is 26.3. The molecule has 0 aliphatic heterocycles. The zero-order valence-electron chi connectivity index (χ0n) is 21.0. The van der Waals surface area contributed by atoms with Crippen molar-refractivity contribution < 1.29 is 28.5 Å². The van der Waals surface area contributed by atoms with Crippen LogP contribution in [0.5, 0.6) is 23.0 Å². The molecule has 2 aromatic carbocycles. The lowest BCUT2D eigenvalue weighted by atomic mass is 9.91. The summed E-state index contributed by atoms with van der Waals surface area (Å²) in [4.78, 5) is 28.6. The number of azide groups is 1. The molecule has 190 valence electrons. The maximum atomic E-state index is 13.0. The van der Waals surface area contributed by atoms with E-state index in [2.05, 4.69) is 10.0 Å². The first-order chi connectivity index (χ1) is 17.5. The van der Waals surface area contributed by atoms with Gasteiger partial charge >= 0.3 is 0 Å². The molecule has 0 bridgehead atoms. The topological polar surface area (TPSA) is 120 Å². The van der Waals surface area contributed by atoms with Crippen LogP contribution in [0, 0.1) is 5.92 Å². The normalized spacial score (nSPS) is 11.7. The predicted octanol–water partition coefficient (Wildman–Crippen LogP) is 6.03. The van der Waals surface area contributed by atoms with E-state index in [9.17, 15) is 9.59 Å². The summed E-state index contributed by atoms with van der Waals surface area (Å²) in [5.74, 6) is 0.650. The second kappa shape index (κ2) is 14.9. The summed E-state index contributed by atoms with van der Waals surface area (Å²) in [5, 5.41) is 3.35. The fourth-order valence-electron chi connectivity index (χ4n) is 3.41. The van der Waals surface area contributed by atoms with Crippen LogP contribution >= 0.6 is 0 Å². The highest BCUT2D eigenvalue weighted by Gasteiger charge is 2.22. The minimum atomic E-state index is -0.781. The summed E-state index contributed by atoms with van der Waals surface area (Å²) >= 11 is 0. The molecule has 0 heterocycles. The van der Waals surface area contributed by atoms with Crippen LogP contribution < -0.4 is 18.9 Å². The van der Waals surface area contributed by atoms with Crippen LogP contribution in [0.25, 0.3) is 22.6 Å². The third kappa shape index (κ3) is 8.21. The zero-order valence-corrected chi connectivity index (χ0v) is 21.0. The number of ether oxygens (including phenoxy) is 4. The number of benzene rings is 2. The van der Waals surface area contributed by atoms with Crippen LogP contribution in [0.3, 0.4) is 0 Å². The molecule has 0 aromatic heterocycles. The maximum Gasteiger partial charge on any atom is 0.167 e. The Morgan fingerprint density at radius 1 is 0.889 bits per heavy atom. The first kappa shape index (κ1) is 28.0. The van der Waals surface area contributed by atoms with Gasteiger partial charge in [-0.3, -0.25) is 9.59 Å². The van der Waals surface area contributed by atoms with E-state index in [4.69, 9.17) is 24.5 Å². The van der Waals surface area contributed by atoms with Gasteiger partial charge in [0.15, 0.2) is 41.3 Å². The van der Waals surface area contributed by atoms with E-state index in [1.54, 1.807) is 62.8 Å². The van der Waals surface area contributed by atoms with Gasteiger partial charge in [0, 0.05) is 4.91 Å². The fourth-order valence-corrected chi connectivity index (χ4v) is 3.41. The molecule has 2 rings (SSSR count). The van der Waals surface area contributed by atoms with Crippen molar-refractivity contribution in [3.05, 3.63) is 70.1 Å². The van der Waals surface area contributed by atoms with Gasteiger partial charge in [-0.2, -0.15) is 0 Å². The Balaban J connectivity index is 2.19. The summed E-state index contributed by atoms with van der Waals surface area (Å²) < 4.78 is 21.2. The second-order valence-corrected chi connectivity index (χ2v) is 7.70. The Hall–Kier alpha value is -4.23. The van der Waals surface area contributed by atoms with E-state index in [-0.39, 0.29) is 18.3 Å². The number of allylic oxidation sites excluding steroid dienone is 2. The minimum absolute atomic E-state index is 0.195. The van der Waals surface area contributed by atoms with Crippen LogP contribution in [-0.2, 0) is 9.59 Å². The quantitative estimate of drug-likeness (QED) is 0.0982. The van der Waals surface area contributed by atoms with Crippen LogP contribution in [0.4, 0.5) is 0 Å². The van der Waals surface area contributed by atoms with Crippen LogP contribution in [-0.4, -0.2) is 39.6 Å². The van der Waals surface area contributed by atoms with Crippen molar-refractivity contribution in [2.75, 3.05) is 28.1 Å². The average molecular weight is 494 g/mol. The Labute approximate surface area is 210 Å². The molecule has 1 unspecified atom stereocenters. The molecule has 1 atom stereocenters. The maximum absolute atomic E-state index is 13.0. The molecule has 9 heteroatoms. The molecule has 0 saturated heterocycles. The first-order valence-corrected chi connectivity index (χ1v) is 11.4. The van der Waals surface area contributed by atoms with E-state index in [1.165, 1.54) is 19.3 Å². The number of unbranched alkanes of at least 4 members (excludes halogenated alkanes) is 1. The predicted molar refractivity (Wildman–Crippen MR) is 138 cm³/mol. The van der Waals surface area contributed by atoms with Crippen molar-refractivity contribution in [3.63, 3.8) is 0 Å². The van der Waals surface area contributed by atoms with Gasteiger partial charge in [0.25, 0.3) is 0 Å². The third-order valence-electron chi connectivity index (χ3n) is 5.35. The van der Waals surface area contributed by atoms with Gasteiger partial charge in [0.1, 0.15) is 0 Å². The molecule has 2 aromatic rings. The van der Waals surface area contributed by atoms with Crippen LogP contribution in [0.15, 0.2) is 53.7 Å². The lowest BCUT2D eigenvalue weighted by molar-refractivity contribution is -0.127. The molecule has 0 aliphatic rings. The Bertz CT molecular complexity index is 1150. The number of hydrogen-bond acceptors (Lipinski definition) is 7. The molecule has 0 saturated carbocycles. The fraction of sp³-hybridized carbons (Fsp3) is 0.333. The van der Waals surface area contributed by atoms with Crippen molar-refractivity contribution in [2.45, 2.75) is 26.2 Å². The monoisotopic (exact) mass is 493 g/mol. The molecule has 0 radical (unpaired) electrons. The van der Waals surface area contributed by atoms with Gasteiger partial charge in [-0.05, 0) is 59.5 Å². The van der Waals surface area contributed by atoms with E-state index < -0.39 is 5.92 Å². The second-order valence-electron chi connectivity index (χ2n) is 7.70. The van der Waals surface area contributed by atoms with Gasteiger partial charge in [-0.15, -0.1) is 0 Å². The van der Waals surface area contributed by atoms with E-state index in [0.29, 0.717) is 35.0 Å². The lowest BCUT2D eigenvalue weighted by Crippen LogP contribution is -2.21. The average Bonchev–Trinajstić information content (AvgIpc) is 2.90. The highest BCUT2D eigenvalue weighted by molar-refractivity contribution is 6.13. The summed E-state index contributed by atoms with van der Waals surface area (Å²) in [5.41, 5.74) is 9.86. The summed E-state index contributed by atoms with van der Waals surface area (Å²) in [6, 6.07) is 10.4. The van der Waals surface area contributed by atoms with Crippen molar-refractivity contribution in [1.29, 1.82) is 0 Å². The van der Waals surface area contributed by atoms with E-state index in [1.807, 2.05) is 6.92 Å². The molecule has 0 amide bonds. The van der Waals surface area contributed by atoms with Crippen molar-refractivity contribution in [2.24, 2.45) is 11.0 Å². The third-order valence-corrected chi connectivity index (χ3v) is 5.35. The molecule has 0 N–H and O–H groups in total. The van der Waals surface area contributed by atoms with Crippen LogP contribution in [0.2, 0.25) is 0 Å². The molecular formula is C27H31N3O6. The Morgan fingerprint density at radius 2 is 1.42 bits per heavy atom. The number of methoxy groups -OCH3 is 3. The number of rotatable bonds is 15. The Morgan fingerprint density at radius 3 is 1.92 bits per heavy atom. The van der Waals surface area contributed by atoms with Gasteiger partial charge in [-0.25, -0.2) is 0 Å². The molecule has 0 aliphatic carbocycles. The van der Waals surface area contributed by atoms with Crippen molar-refractivity contribution in [3.8, 4) is 23.0 Å². The number of ketones is 2. The van der Waals surface area contributed by atoms with Gasteiger partial charge in [0.05, 0.1) is 27.2 Å². The van der Waals surface area contributed by atoms with Gasteiger partial charge in [0.2, 0.25) is 0 Å². The minimum Gasteiger partial charge on any atom is -0.493 e. The van der Waals surface area contributed by atoms with Crippen LogP contribution in [0.1, 0.15) is 37.3 Å². The summed E-state index contributed by atoms with van der Waals surface area (Å²) in [6.45, 7) is 1.82. The van der Waals surface area contributed by atoms with Crippen molar-refractivity contribution in [1.82, 2.24) is 0 Å². The summed E-state index contributed by atoms with van der Waals surface area (Å²) in [7, 11) is 4.59.